The normalized spacial score (nSPS) is 24.1. The van der Waals surface area contributed by atoms with Crippen LogP contribution in [-0.4, -0.2) is 47.7 Å². The van der Waals surface area contributed by atoms with E-state index in [0.717, 1.165) is 25.4 Å². The largest absolute Gasteiger partial charge is 0.480 e. The van der Waals surface area contributed by atoms with Crippen molar-refractivity contribution in [3.8, 4) is 0 Å². The van der Waals surface area contributed by atoms with Gasteiger partial charge in [-0.1, -0.05) is 19.8 Å². The molecule has 1 aliphatic rings. The molecular weight excluding hydrogens is 252 g/mol. The average molecular weight is 284 g/mol. The van der Waals surface area contributed by atoms with Gasteiger partial charge in [0, 0.05) is 6.04 Å². The maximum Gasteiger partial charge on any atom is 0.323 e. The summed E-state index contributed by atoms with van der Waals surface area (Å²) in [4.78, 5) is 13.8. The first kappa shape index (κ1) is 17.4. The third kappa shape index (κ3) is 5.06. The van der Waals surface area contributed by atoms with Crippen molar-refractivity contribution in [2.45, 2.75) is 76.8 Å². The fourth-order valence-corrected chi connectivity index (χ4v) is 3.13. The number of carbonyl (C=O) groups is 1. The number of carboxylic acid groups (broad SMARTS) is 1. The molecule has 1 heterocycles. The molecule has 0 aromatic heterocycles. The van der Waals surface area contributed by atoms with E-state index < -0.39 is 11.5 Å². The van der Waals surface area contributed by atoms with Crippen LogP contribution in [0.3, 0.4) is 0 Å². The second kappa shape index (κ2) is 8.63. The van der Waals surface area contributed by atoms with Gasteiger partial charge in [-0.15, -0.1) is 0 Å². The second-order valence-corrected chi connectivity index (χ2v) is 6.29. The van der Waals surface area contributed by atoms with Gasteiger partial charge < -0.3 is 15.3 Å². The Hall–Kier alpha value is -0.610. The van der Waals surface area contributed by atoms with Crippen molar-refractivity contribution in [3.05, 3.63) is 0 Å². The number of likely N-dealkylation sites (tertiary alicyclic amines) is 1. The molecule has 118 valence electrons. The lowest BCUT2D eigenvalue weighted by atomic mass is 9.95. The zero-order chi connectivity index (χ0) is 15.0. The standard InChI is InChI=1S/C16H32N2O2/c1-4-14-10-6-5-8-12-18(14)13-9-7-11-16(2,17-3)15(19)20/h14,17H,4-13H2,1-3H3,(H,19,20). The molecular formula is C16H32N2O2. The van der Waals surface area contributed by atoms with Crippen molar-refractivity contribution < 1.29 is 9.90 Å². The molecule has 1 saturated heterocycles. The smallest absolute Gasteiger partial charge is 0.323 e. The number of carboxylic acids is 1. The van der Waals surface area contributed by atoms with Gasteiger partial charge in [0.1, 0.15) is 5.54 Å². The third-order valence-electron chi connectivity index (χ3n) is 4.87. The molecule has 0 aromatic rings. The van der Waals surface area contributed by atoms with E-state index in [1.807, 2.05) is 0 Å². The minimum Gasteiger partial charge on any atom is -0.480 e. The zero-order valence-corrected chi connectivity index (χ0v) is 13.5. The first-order valence-corrected chi connectivity index (χ1v) is 8.20. The summed E-state index contributed by atoms with van der Waals surface area (Å²) >= 11 is 0. The Bertz CT molecular complexity index is 296. The van der Waals surface area contributed by atoms with E-state index in [0.29, 0.717) is 6.42 Å². The summed E-state index contributed by atoms with van der Waals surface area (Å²) in [5.74, 6) is -0.749. The minimum absolute atomic E-state index is 0.698. The summed E-state index contributed by atoms with van der Waals surface area (Å²) in [6.45, 7) is 6.40. The van der Waals surface area contributed by atoms with Crippen LogP contribution in [0.1, 0.15) is 65.2 Å². The number of unbranched alkanes of at least 4 members (excludes halogenated alkanes) is 1. The van der Waals surface area contributed by atoms with Crippen molar-refractivity contribution in [2.75, 3.05) is 20.1 Å². The molecule has 20 heavy (non-hydrogen) atoms. The second-order valence-electron chi connectivity index (χ2n) is 6.29. The molecule has 2 atom stereocenters. The first-order chi connectivity index (χ1) is 9.53. The minimum atomic E-state index is -0.775. The van der Waals surface area contributed by atoms with E-state index >= 15 is 0 Å². The Morgan fingerprint density at radius 1 is 1.35 bits per heavy atom. The fourth-order valence-electron chi connectivity index (χ4n) is 3.13. The highest BCUT2D eigenvalue weighted by atomic mass is 16.4. The maximum absolute atomic E-state index is 11.2. The van der Waals surface area contributed by atoms with Crippen LogP contribution in [0.2, 0.25) is 0 Å². The van der Waals surface area contributed by atoms with E-state index in [2.05, 4.69) is 17.1 Å². The molecule has 2 N–H and O–H groups in total. The van der Waals surface area contributed by atoms with Crippen LogP contribution >= 0.6 is 0 Å². The SMILES string of the molecule is CCC1CCCCCN1CCCCC(C)(NC)C(=O)O. The molecule has 1 aliphatic heterocycles. The van der Waals surface area contributed by atoms with Crippen molar-refractivity contribution in [1.82, 2.24) is 10.2 Å². The van der Waals surface area contributed by atoms with Crippen molar-refractivity contribution in [2.24, 2.45) is 0 Å². The Morgan fingerprint density at radius 2 is 2.10 bits per heavy atom. The average Bonchev–Trinajstić information content (AvgIpc) is 2.67. The van der Waals surface area contributed by atoms with Gasteiger partial charge in [0.2, 0.25) is 0 Å². The lowest BCUT2D eigenvalue weighted by Gasteiger charge is -2.30. The summed E-state index contributed by atoms with van der Waals surface area (Å²) < 4.78 is 0. The van der Waals surface area contributed by atoms with Crippen LogP contribution in [0, 0.1) is 0 Å². The molecule has 4 heteroatoms. The number of nitrogens with one attached hydrogen (secondary N) is 1. The number of nitrogens with zero attached hydrogens (tertiary/aromatic N) is 1. The van der Waals surface area contributed by atoms with Gasteiger partial charge in [0.05, 0.1) is 0 Å². The number of rotatable bonds is 8. The monoisotopic (exact) mass is 284 g/mol. The van der Waals surface area contributed by atoms with Gasteiger partial charge in [-0.2, -0.15) is 0 Å². The van der Waals surface area contributed by atoms with E-state index in [1.54, 1.807) is 14.0 Å². The van der Waals surface area contributed by atoms with E-state index in [4.69, 9.17) is 0 Å². The van der Waals surface area contributed by atoms with Crippen LogP contribution in [0.25, 0.3) is 0 Å². The molecule has 0 bridgehead atoms. The Labute approximate surface area is 123 Å². The molecule has 0 radical (unpaired) electrons. The Morgan fingerprint density at radius 3 is 2.70 bits per heavy atom. The van der Waals surface area contributed by atoms with Gasteiger partial charge in [0.25, 0.3) is 0 Å². The third-order valence-corrected chi connectivity index (χ3v) is 4.87. The quantitative estimate of drug-likeness (QED) is 0.673. The highest BCUT2D eigenvalue weighted by Gasteiger charge is 2.30. The molecule has 1 fully saturated rings. The molecule has 0 spiro atoms. The summed E-state index contributed by atoms with van der Waals surface area (Å²) in [5, 5.41) is 12.2. The first-order valence-electron chi connectivity index (χ1n) is 8.20. The molecule has 4 nitrogen and oxygen atoms in total. The summed E-state index contributed by atoms with van der Waals surface area (Å²) in [6, 6.07) is 0.743. The predicted octanol–water partition coefficient (Wildman–Crippen LogP) is 2.87. The number of aliphatic carboxylic acids is 1. The van der Waals surface area contributed by atoms with Gasteiger partial charge in [-0.25, -0.2) is 0 Å². The van der Waals surface area contributed by atoms with Crippen LogP contribution in [-0.2, 0) is 4.79 Å². The van der Waals surface area contributed by atoms with E-state index in [-0.39, 0.29) is 0 Å². The fraction of sp³-hybridized carbons (Fsp3) is 0.938. The molecule has 0 aliphatic carbocycles. The zero-order valence-electron chi connectivity index (χ0n) is 13.5. The van der Waals surface area contributed by atoms with Gasteiger partial charge >= 0.3 is 5.97 Å². The van der Waals surface area contributed by atoms with Crippen LogP contribution < -0.4 is 5.32 Å². The van der Waals surface area contributed by atoms with E-state index in [1.165, 1.54) is 38.6 Å². The number of hydrogen-bond acceptors (Lipinski definition) is 3. The van der Waals surface area contributed by atoms with E-state index in [9.17, 15) is 9.90 Å². The molecule has 1 rings (SSSR count). The van der Waals surface area contributed by atoms with Crippen molar-refractivity contribution >= 4 is 5.97 Å². The Kier molecular flexibility index (Phi) is 7.52. The van der Waals surface area contributed by atoms with Crippen LogP contribution in [0.4, 0.5) is 0 Å². The molecule has 0 amide bonds. The lowest BCUT2D eigenvalue weighted by Crippen LogP contribution is -2.47. The molecule has 0 aromatic carbocycles. The highest BCUT2D eigenvalue weighted by molar-refractivity contribution is 5.78. The summed E-state index contributed by atoms with van der Waals surface area (Å²) in [5.41, 5.74) is -0.775. The number of hydrogen-bond donors (Lipinski definition) is 2. The van der Waals surface area contributed by atoms with Gasteiger partial charge in [-0.3, -0.25) is 4.79 Å². The van der Waals surface area contributed by atoms with Gasteiger partial charge in [-0.05, 0) is 65.6 Å². The van der Waals surface area contributed by atoms with Crippen LogP contribution in [0.5, 0.6) is 0 Å². The van der Waals surface area contributed by atoms with Gasteiger partial charge in [0.15, 0.2) is 0 Å². The summed E-state index contributed by atoms with van der Waals surface area (Å²) in [7, 11) is 1.73. The van der Waals surface area contributed by atoms with Crippen molar-refractivity contribution in [3.63, 3.8) is 0 Å². The Balaban J connectivity index is 2.33. The lowest BCUT2D eigenvalue weighted by molar-refractivity contribution is -0.144. The van der Waals surface area contributed by atoms with Crippen molar-refractivity contribution in [1.29, 1.82) is 0 Å². The van der Waals surface area contributed by atoms with Crippen LogP contribution in [0.15, 0.2) is 0 Å². The molecule has 0 saturated carbocycles. The highest BCUT2D eigenvalue weighted by Crippen LogP contribution is 2.20. The summed E-state index contributed by atoms with van der Waals surface area (Å²) in [6.07, 6.45) is 9.39. The molecule has 2 unspecified atom stereocenters. The maximum atomic E-state index is 11.2. The topological polar surface area (TPSA) is 52.6 Å². The number of likely N-dealkylation sites (N-methyl/N-ethyl adjacent to an activating group) is 1. The predicted molar refractivity (Wildman–Crippen MR) is 83.1 cm³/mol.